The minimum absolute atomic E-state index is 0.0208. The molecule has 7 heteroatoms. The minimum atomic E-state index is -0.845. The topological polar surface area (TPSA) is 81.1 Å². The van der Waals surface area contributed by atoms with E-state index < -0.39 is 11.4 Å². The number of nitrogens with zero attached hydrogens (tertiary/aromatic N) is 2. The number of aliphatic carboxylic acids is 1. The number of carboxylic acids is 1. The van der Waals surface area contributed by atoms with Crippen LogP contribution in [0.5, 0.6) is 0 Å². The van der Waals surface area contributed by atoms with Crippen LogP contribution >= 0.6 is 11.3 Å². The fourth-order valence-electron chi connectivity index (χ4n) is 3.72. The maximum Gasteiger partial charge on any atom is 0.313 e. The first-order valence-corrected chi connectivity index (χ1v) is 8.71. The van der Waals surface area contributed by atoms with Crippen LogP contribution in [0.3, 0.4) is 0 Å². The second kappa shape index (κ2) is 6.55. The largest absolute Gasteiger partial charge is 0.481 e. The minimum Gasteiger partial charge on any atom is -0.481 e. The molecule has 3 heterocycles. The van der Waals surface area contributed by atoms with Gasteiger partial charge in [0.25, 0.3) is 0 Å². The zero-order valence-corrected chi connectivity index (χ0v) is 14.3. The van der Waals surface area contributed by atoms with Gasteiger partial charge in [0, 0.05) is 61.4 Å². The monoisotopic (exact) mass is 348 g/mol. The van der Waals surface area contributed by atoms with Crippen molar-refractivity contribution in [2.75, 3.05) is 32.8 Å². The fourth-order valence-corrected chi connectivity index (χ4v) is 4.58. The van der Waals surface area contributed by atoms with Crippen LogP contribution < -0.4 is 0 Å². The smallest absolute Gasteiger partial charge is 0.313 e. The van der Waals surface area contributed by atoms with Crippen LogP contribution in [0.15, 0.2) is 11.4 Å². The van der Waals surface area contributed by atoms with Crippen molar-refractivity contribution in [3.8, 4) is 11.8 Å². The molecule has 0 radical (unpaired) electrons. The number of aliphatic hydroxyl groups is 1. The maximum atomic E-state index is 11.9. The van der Waals surface area contributed by atoms with E-state index in [4.69, 9.17) is 5.11 Å². The first-order chi connectivity index (χ1) is 11.4. The molecule has 2 aliphatic rings. The number of aliphatic hydroxyl groups excluding tert-OH is 1. The Labute approximate surface area is 144 Å². The normalized spacial score (nSPS) is 26.1. The van der Waals surface area contributed by atoms with Crippen molar-refractivity contribution in [2.24, 2.45) is 11.3 Å². The van der Waals surface area contributed by atoms with Crippen molar-refractivity contribution in [1.82, 2.24) is 9.80 Å². The molecule has 0 aliphatic carbocycles. The van der Waals surface area contributed by atoms with E-state index in [1.807, 2.05) is 11.4 Å². The van der Waals surface area contributed by atoms with E-state index in [9.17, 15) is 14.7 Å². The molecular weight excluding hydrogens is 328 g/mol. The average molecular weight is 348 g/mol. The van der Waals surface area contributed by atoms with Gasteiger partial charge in [0.15, 0.2) is 0 Å². The molecule has 2 atom stereocenters. The lowest BCUT2D eigenvalue weighted by Gasteiger charge is -2.24. The molecule has 1 aromatic rings. The van der Waals surface area contributed by atoms with Gasteiger partial charge in [0.2, 0.25) is 5.91 Å². The Kier molecular flexibility index (Phi) is 4.63. The summed E-state index contributed by atoms with van der Waals surface area (Å²) in [6.45, 7) is 4.00. The Morgan fingerprint density at radius 3 is 2.83 bits per heavy atom. The molecule has 2 aliphatic heterocycles. The Hall–Kier alpha value is -1.88. The molecule has 6 nitrogen and oxygen atoms in total. The lowest BCUT2D eigenvalue weighted by Crippen LogP contribution is -2.41. The number of fused-ring (bicyclic) bond motifs is 1. The molecule has 0 bridgehead atoms. The van der Waals surface area contributed by atoms with Crippen LogP contribution in [0.1, 0.15) is 17.4 Å². The second-order valence-electron chi connectivity index (χ2n) is 6.49. The molecule has 3 rings (SSSR count). The summed E-state index contributed by atoms with van der Waals surface area (Å²) < 4.78 is 0. The van der Waals surface area contributed by atoms with Crippen LogP contribution in [-0.4, -0.2) is 64.7 Å². The molecule has 0 unspecified atom stereocenters. The van der Waals surface area contributed by atoms with Gasteiger partial charge in [-0.2, -0.15) is 0 Å². The summed E-state index contributed by atoms with van der Waals surface area (Å²) in [4.78, 5) is 28.4. The highest BCUT2D eigenvalue weighted by molar-refractivity contribution is 7.10. The molecule has 2 saturated heterocycles. The SMILES string of the molecule is CC(=O)N1C[C@H]2CN(Cc3cc(C#CCO)cs3)C[C@@]2(C(=O)O)C1. The highest BCUT2D eigenvalue weighted by atomic mass is 32.1. The van der Waals surface area contributed by atoms with Gasteiger partial charge in [-0.15, -0.1) is 11.3 Å². The zero-order chi connectivity index (χ0) is 17.3. The molecule has 0 spiro atoms. The summed E-state index contributed by atoms with van der Waals surface area (Å²) in [6.07, 6.45) is 0. The number of hydrogen-bond acceptors (Lipinski definition) is 5. The third-order valence-corrected chi connectivity index (χ3v) is 5.82. The van der Waals surface area contributed by atoms with E-state index in [0.717, 1.165) is 10.4 Å². The fraction of sp³-hybridized carbons (Fsp3) is 0.529. The van der Waals surface area contributed by atoms with Crippen molar-refractivity contribution in [1.29, 1.82) is 0 Å². The number of amides is 1. The zero-order valence-electron chi connectivity index (χ0n) is 13.5. The highest BCUT2D eigenvalue weighted by Gasteiger charge is 2.58. The Morgan fingerprint density at radius 1 is 1.42 bits per heavy atom. The summed E-state index contributed by atoms with van der Waals surface area (Å²) in [5.41, 5.74) is 0.0294. The van der Waals surface area contributed by atoms with Gasteiger partial charge in [-0.05, 0) is 6.07 Å². The highest BCUT2D eigenvalue weighted by Crippen LogP contribution is 2.43. The quantitative estimate of drug-likeness (QED) is 0.776. The van der Waals surface area contributed by atoms with E-state index in [1.165, 1.54) is 6.92 Å². The van der Waals surface area contributed by atoms with Gasteiger partial charge in [0.1, 0.15) is 12.0 Å². The number of hydrogen-bond donors (Lipinski definition) is 2. The molecule has 0 saturated carbocycles. The summed E-state index contributed by atoms with van der Waals surface area (Å²) >= 11 is 1.59. The Morgan fingerprint density at radius 2 is 2.21 bits per heavy atom. The summed E-state index contributed by atoms with van der Waals surface area (Å²) in [7, 11) is 0. The molecule has 2 N–H and O–H groups in total. The predicted molar refractivity (Wildman–Crippen MR) is 89.4 cm³/mol. The van der Waals surface area contributed by atoms with Crippen LogP contribution in [-0.2, 0) is 16.1 Å². The molecule has 24 heavy (non-hydrogen) atoms. The molecule has 2 fully saturated rings. The molecule has 1 aromatic heterocycles. The van der Waals surface area contributed by atoms with Gasteiger partial charge in [-0.1, -0.05) is 11.8 Å². The second-order valence-corrected chi connectivity index (χ2v) is 7.48. The number of rotatable bonds is 3. The Bertz CT molecular complexity index is 720. The van der Waals surface area contributed by atoms with E-state index >= 15 is 0 Å². The number of thiophene rings is 1. The van der Waals surface area contributed by atoms with Crippen molar-refractivity contribution in [2.45, 2.75) is 13.5 Å². The lowest BCUT2D eigenvalue weighted by molar-refractivity contribution is -0.149. The summed E-state index contributed by atoms with van der Waals surface area (Å²) in [5, 5.41) is 20.4. The van der Waals surface area contributed by atoms with E-state index in [0.29, 0.717) is 32.7 Å². The van der Waals surface area contributed by atoms with Crippen molar-refractivity contribution in [3.63, 3.8) is 0 Å². The molecule has 1 amide bonds. The standard InChI is InChI=1S/C17H20N2O4S/c1-12(21)19-7-14-6-18(10-17(14,11-19)16(22)23)8-15-5-13(9-24-15)3-2-4-20/h5,9,14,20H,4,6-8,10-11H2,1H3,(H,22,23)/t14-,17-/m1/s1. The maximum absolute atomic E-state index is 11.9. The van der Waals surface area contributed by atoms with Crippen LogP contribution in [0.25, 0.3) is 0 Å². The van der Waals surface area contributed by atoms with Gasteiger partial charge in [-0.25, -0.2) is 0 Å². The van der Waals surface area contributed by atoms with Gasteiger partial charge >= 0.3 is 5.97 Å². The number of carbonyl (C=O) groups excluding carboxylic acids is 1. The first kappa shape index (κ1) is 17.0. The van der Waals surface area contributed by atoms with Crippen molar-refractivity contribution in [3.05, 3.63) is 21.9 Å². The van der Waals surface area contributed by atoms with E-state index in [2.05, 4.69) is 16.7 Å². The van der Waals surface area contributed by atoms with Gasteiger partial charge in [-0.3, -0.25) is 14.5 Å². The third kappa shape index (κ3) is 3.05. The van der Waals surface area contributed by atoms with E-state index in [-0.39, 0.29) is 18.4 Å². The van der Waals surface area contributed by atoms with Crippen LogP contribution in [0, 0.1) is 23.2 Å². The van der Waals surface area contributed by atoms with Gasteiger partial charge < -0.3 is 15.1 Å². The molecule has 128 valence electrons. The van der Waals surface area contributed by atoms with E-state index in [1.54, 1.807) is 16.2 Å². The predicted octanol–water partition coefficient (Wildman–Crippen LogP) is 0.457. The van der Waals surface area contributed by atoms with Crippen molar-refractivity contribution < 1.29 is 19.8 Å². The Balaban J connectivity index is 1.70. The number of carbonyl (C=O) groups is 2. The lowest BCUT2D eigenvalue weighted by atomic mass is 9.81. The van der Waals surface area contributed by atoms with Crippen LogP contribution in [0.2, 0.25) is 0 Å². The third-order valence-electron chi connectivity index (χ3n) is 4.90. The average Bonchev–Trinajstić information content (AvgIpc) is 3.18. The summed E-state index contributed by atoms with van der Waals surface area (Å²) in [5.74, 6) is 4.62. The number of likely N-dealkylation sites (tertiary alicyclic amines) is 2. The number of carboxylic acid groups (broad SMARTS) is 1. The van der Waals surface area contributed by atoms with Gasteiger partial charge in [0.05, 0.1) is 0 Å². The molecule has 0 aromatic carbocycles. The summed E-state index contributed by atoms with van der Waals surface area (Å²) in [6, 6.07) is 1.98. The first-order valence-electron chi connectivity index (χ1n) is 7.83. The van der Waals surface area contributed by atoms with Crippen LogP contribution in [0.4, 0.5) is 0 Å². The van der Waals surface area contributed by atoms with Crippen molar-refractivity contribution >= 4 is 23.2 Å². The molecular formula is C17H20N2O4S.